The molecule has 0 amide bonds. The molecule has 0 saturated heterocycles. The van der Waals surface area contributed by atoms with Crippen LogP contribution in [0.25, 0.3) is 10.1 Å². The average Bonchev–Trinajstić information content (AvgIpc) is 2.64. The Labute approximate surface area is 107 Å². The average molecular weight is 269 g/mol. The van der Waals surface area contributed by atoms with Gasteiger partial charge in [-0.2, -0.15) is 0 Å². The summed E-state index contributed by atoms with van der Waals surface area (Å²) >= 11 is 7.58. The molecule has 1 aliphatic heterocycles. The second-order valence-corrected chi connectivity index (χ2v) is 5.22. The van der Waals surface area contributed by atoms with Gasteiger partial charge in [-0.1, -0.05) is 11.6 Å². The van der Waals surface area contributed by atoms with E-state index in [4.69, 9.17) is 21.1 Å². The Morgan fingerprint density at radius 3 is 2.59 bits per heavy atom. The Kier molecular flexibility index (Phi) is 2.49. The molecule has 0 spiro atoms. The number of fused-ring (bicyclic) bond motifs is 2. The number of carbonyl (C=O) groups excluding carboxylic acids is 1. The smallest absolute Gasteiger partial charge is 0.171 e. The molecule has 1 aliphatic rings. The summed E-state index contributed by atoms with van der Waals surface area (Å²) in [6.45, 7) is 2.61. The Morgan fingerprint density at radius 1 is 1.29 bits per heavy atom. The molecular formula is C12H9ClO3S. The first kappa shape index (κ1) is 10.9. The fourth-order valence-corrected chi connectivity index (χ4v) is 3.29. The SMILES string of the molecule is CC(=O)c1sc2cc3c(cc2c1Cl)OCCO3. The molecule has 0 N–H and O–H groups in total. The van der Waals surface area contributed by atoms with Crippen molar-refractivity contribution in [1.82, 2.24) is 0 Å². The van der Waals surface area contributed by atoms with E-state index in [-0.39, 0.29) is 5.78 Å². The van der Waals surface area contributed by atoms with Gasteiger partial charge in [-0.05, 0) is 6.07 Å². The van der Waals surface area contributed by atoms with Gasteiger partial charge in [-0.25, -0.2) is 0 Å². The van der Waals surface area contributed by atoms with Crippen LogP contribution in [0.1, 0.15) is 16.6 Å². The van der Waals surface area contributed by atoms with E-state index in [1.807, 2.05) is 12.1 Å². The lowest BCUT2D eigenvalue weighted by atomic mass is 10.2. The van der Waals surface area contributed by atoms with Crippen molar-refractivity contribution >= 4 is 38.8 Å². The zero-order chi connectivity index (χ0) is 12.0. The number of halogens is 1. The van der Waals surface area contributed by atoms with E-state index in [0.717, 1.165) is 15.8 Å². The number of carbonyl (C=O) groups is 1. The van der Waals surface area contributed by atoms with Crippen molar-refractivity contribution in [1.29, 1.82) is 0 Å². The molecule has 1 aromatic heterocycles. The molecular weight excluding hydrogens is 260 g/mol. The highest BCUT2D eigenvalue weighted by Gasteiger charge is 2.19. The standard InChI is InChI=1S/C12H9ClO3S/c1-6(14)12-11(13)7-4-8-9(5-10(7)17-12)16-3-2-15-8/h4-5H,2-3H2,1H3. The number of hydrogen-bond acceptors (Lipinski definition) is 4. The first-order valence-corrected chi connectivity index (χ1v) is 6.39. The molecule has 1 aromatic carbocycles. The minimum atomic E-state index is -0.0176. The molecule has 5 heteroatoms. The summed E-state index contributed by atoms with van der Waals surface area (Å²) < 4.78 is 11.9. The summed E-state index contributed by atoms with van der Waals surface area (Å²) in [6.07, 6.45) is 0. The first-order valence-electron chi connectivity index (χ1n) is 5.19. The molecule has 88 valence electrons. The lowest BCUT2D eigenvalue weighted by Gasteiger charge is -2.18. The molecule has 0 radical (unpaired) electrons. The number of benzene rings is 1. The van der Waals surface area contributed by atoms with E-state index in [1.54, 1.807) is 0 Å². The lowest BCUT2D eigenvalue weighted by molar-refractivity contribution is 0.102. The molecule has 0 aliphatic carbocycles. The van der Waals surface area contributed by atoms with Crippen molar-refractivity contribution in [3.05, 3.63) is 22.0 Å². The van der Waals surface area contributed by atoms with E-state index in [0.29, 0.717) is 28.9 Å². The molecule has 0 bridgehead atoms. The van der Waals surface area contributed by atoms with Gasteiger partial charge in [-0.3, -0.25) is 4.79 Å². The Hall–Kier alpha value is -1.26. The quantitative estimate of drug-likeness (QED) is 0.742. The van der Waals surface area contributed by atoms with Crippen LogP contribution >= 0.6 is 22.9 Å². The third-order valence-electron chi connectivity index (χ3n) is 2.61. The lowest BCUT2D eigenvalue weighted by Crippen LogP contribution is -2.14. The van der Waals surface area contributed by atoms with Crippen molar-refractivity contribution < 1.29 is 14.3 Å². The second-order valence-electron chi connectivity index (χ2n) is 3.79. The second kappa shape index (κ2) is 3.89. The fraction of sp³-hybridized carbons (Fsp3) is 0.250. The number of Topliss-reactive ketones (excluding diaryl/α,β-unsaturated/α-hetero) is 1. The van der Waals surface area contributed by atoms with Gasteiger partial charge in [0, 0.05) is 23.1 Å². The Balaban J connectivity index is 2.27. The van der Waals surface area contributed by atoms with E-state index in [2.05, 4.69) is 0 Å². The predicted molar refractivity (Wildman–Crippen MR) is 67.8 cm³/mol. The topological polar surface area (TPSA) is 35.5 Å². The van der Waals surface area contributed by atoms with Crippen molar-refractivity contribution in [2.45, 2.75) is 6.92 Å². The maximum Gasteiger partial charge on any atom is 0.171 e. The highest BCUT2D eigenvalue weighted by molar-refractivity contribution is 7.21. The van der Waals surface area contributed by atoms with Crippen LogP contribution in [0.2, 0.25) is 5.02 Å². The van der Waals surface area contributed by atoms with Gasteiger partial charge >= 0.3 is 0 Å². The van der Waals surface area contributed by atoms with Gasteiger partial charge in [0.2, 0.25) is 0 Å². The molecule has 0 saturated carbocycles. The number of rotatable bonds is 1. The molecule has 0 atom stereocenters. The maximum absolute atomic E-state index is 11.4. The summed E-state index contributed by atoms with van der Waals surface area (Å²) in [7, 11) is 0. The third kappa shape index (κ3) is 1.68. The Morgan fingerprint density at radius 2 is 1.94 bits per heavy atom. The molecule has 0 unspecified atom stereocenters. The zero-order valence-corrected chi connectivity index (χ0v) is 10.7. The number of ether oxygens (including phenoxy) is 2. The van der Waals surface area contributed by atoms with Crippen LogP contribution in [-0.2, 0) is 0 Å². The molecule has 0 fully saturated rings. The van der Waals surface area contributed by atoms with Crippen LogP contribution < -0.4 is 9.47 Å². The van der Waals surface area contributed by atoms with Gasteiger partial charge in [-0.15, -0.1) is 11.3 Å². The molecule has 17 heavy (non-hydrogen) atoms. The van der Waals surface area contributed by atoms with Gasteiger partial charge in [0.05, 0.1) is 9.90 Å². The Bertz CT molecular complexity index is 618. The highest BCUT2D eigenvalue weighted by atomic mass is 35.5. The summed E-state index contributed by atoms with van der Waals surface area (Å²) in [5, 5.41) is 1.36. The zero-order valence-electron chi connectivity index (χ0n) is 9.08. The highest BCUT2D eigenvalue weighted by Crippen LogP contribution is 2.42. The van der Waals surface area contributed by atoms with Crippen LogP contribution in [0.5, 0.6) is 11.5 Å². The minimum absolute atomic E-state index is 0.0176. The van der Waals surface area contributed by atoms with Gasteiger partial charge < -0.3 is 9.47 Å². The molecule has 2 aromatic rings. The van der Waals surface area contributed by atoms with E-state index < -0.39 is 0 Å². The minimum Gasteiger partial charge on any atom is -0.486 e. The summed E-state index contributed by atoms with van der Waals surface area (Å²) in [5.41, 5.74) is 0. The van der Waals surface area contributed by atoms with Crippen LogP contribution in [0.15, 0.2) is 12.1 Å². The largest absolute Gasteiger partial charge is 0.486 e. The number of ketones is 1. The molecule has 3 nitrogen and oxygen atoms in total. The predicted octanol–water partition coefficient (Wildman–Crippen LogP) is 3.53. The van der Waals surface area contributed by atoms with Crippen molar-refractivity contribution in [3.8, 4) is 11.5 Å². The third-order valence-corrected chi connectivity index (χ3v) is 4.37. The van der Waals surface area contributed by atoms with Crippen molar-refractivity contribution in [3.63, 3.8) is 0 Å². The summed E-state index contributed by atoms with van der Waals surface area (Å²) in [5.74, 6) is 1.39. The first-order chi connectivity index (χ1) is 8.16. The fourth-order valence-electron chi connectivity index (χ4n) is 1.83. The van der Waals surface area contributed by atoms with Crippen LogP contribution in [0.3, 0.4) is 0 Å². The van der Waals surface area contributed by atoms with Crippen molar-refractivity contribution in [2.75, 3.05) is 13.2 Å². The van der Waals surface area contributed by atoms with Gasteiger partial charge in [0.1, 0.15) is 13.2 Å². The number of thiophene rings is 1. The normalized spacial score (nSPS) is 14.0. The monoisotopic (exact) mass is 268 g/mol. The maximum atomic E-state index is 11.4. The van der Waals surface area contributed by atoms with Gasteiger partial charge in [0.15, 0.2) is 17.3 Å². The van der Waals surface area contributed by atoms with E-state index in [9.17, 15) is 4.79 Å². The van der Waals surface area contributed by atoms with Crippen LogP contribution in [0.4, 0.5) is 0 Å². The number of hydrogen-bond donors (Lipinski definition) is 0. The van der Waals surface area contributed by atoms with Crippen LogP contribution in [-0.4, -0.2) is 19.0 Å². The van der Waals surface area contributed by atoms with Gasteiger partial charge in [0.25, 0.3) is 0 Å². The summed E-state index contributed by atoms with van der Waals surface area (Å²) in [4.78, 5) is 12.0. The van der Waals surface area contributed by atoms with E-state index in [1.165, 1.54) is 18.3 Å². The molecule has 2 heterocycles. The molecule has 3 rings (SSSR count). The van der Waals surface area contributed by atoms with Crippen LogP contribution in [0, 0.1) is 0 Å². The van der Waals surface area contributed by atoms with E-state index >= 15 is 0 Å². The summed E-state index contributed by atoms with van der Waals surface area (Å²) in [6, 6.07) is 3.72. The van der Waals surface area contributed by atoms with Crippen molar-refractivity contribution in [2.24, 2.45) is 0 Å².